The summed E-state index contributed by atoms with van der Waals surface area (Å²) in [5.41, 5.74) is 0. The van der Waals surface area contributed by atoms with E-state index in [1.807, 2.05) is 0 Å². The van der Waals surface area contributed by atoms with Crippen LogP contribution >= 0.6 is 15.9 Å². The first-order valence-corrected chi connectivity index (χ1v) is 8.23. The molecule has 2 rings (SSSR count). The average Bonchev–Trinajstić information content (AvgIpc) is 2.91. The highest BCUT2D eigenvalue weighted by molar-refractivity contribution is 9.10. The normalized spacial score (nSPS) is 21.7. The maximum Gasteiger partial charge on any atom is 0.331 e. The van der Waals surface area contributed by atoms with Crippen molar-refractivity contribution in [3.05, 3.63) is 28.6 Å². The lowest BCUT2D eigenvalue weighted by molar-refractivity contribution is -0.144. The van der Waals surface area contributed by atoms with E-state index >= 15 is 0 Å². The summed E-state index contributed by atoms with van der Waals surface area (Å²) in [5, 5.41) is 2.94. The number of esters is 1. The van der Waals surface area contributed by atoms with Gasteiger partial charge in [0.1, 0.15) is 5.76 Å². The van der Waals surface area contributed by atoms with Crippen molar-refractivity contribution in [2.75, 3.05) is 6.61 Å². The molecule has 0 aromatic carbocycles. The molecule has 1 fully saturated rings. The van der Waals surface area contributed by atoms with Crippen LogP contribution in [0.2, 0.25) is 0 Å². The highest BCUT2D eigenvalue weighted by Gasteiger charge is 2.22. The lowest BCUT2D eigenvalue weighted by Crippen LogP contribution is -2.42. The van der Waals surface area contributed by atoms with Gasteiger partial charge in [0.25, 0.3) is 5.91 Å². The monoisotopic (exact) mass is 369 g/mol. The molecule has 1 amide bonds. The molecule has 1 aliphatic carbocycles. The number of nitrogens with one attached hydrogen (secondary N) is 1. The number of carbonyl (C=O) groups is 2. The molecular weight excluding hydrogens is 350 g/mol. The summed E-state index contributed by atoms with van der Waals surface area (Å²) in [5.74, 6) is 0.190. The topological polar surface area (TPSA) is 68.5 Å². The summed E-state index contributed by atoms with van der Waals surface area (Å²) < 4.78 is 10.7. The first kappa shape index (κ1) is 16.8. The van der Waals surface area contributed by atoms with Crippen LogP contribution in [0.4, 0.5) is 0 Å². The van der Waals surface area contributed by atoms with Gasteiger partial charge < -0.3 is 14.5 Å². The van der Waals surface area contributed by atoms with Crippen LogP contribution in [0, 0.1) is 5.92 Å². The fraction of sp³-hybridized carbons (Fsp3) is 0.500. The van der Waals surface area contributed by atoms with Crippen molar-refractivity contribution in [3.8, 4) is 0 Å². The molecule has 1 saturated carbocycles. The number of furan rings is 1. The van der Waals surface area contributed by atoms with Gasteiger partial charge in [0, 0.05) is 12.1 Å². The van der Waals surface area contributed by atoms with Gasteiger partial charge in [-0.1, -0.05) is 19.8 Å². The molecule has 1 aliphatic rings. The minimum Gasteiger partial charge on any atom is -0.452 e. The van der Waals surface area contributed by atoms with Crippen molar-refractivity contribution in [1.29, 1.82) is 0 Å². The number of hydrogen-bond donors (Lipinski definition) is 1. The molecule has 1 N–H and O–H groups in total. The Balaban J connectivity index is 1.71. The third-order valence-electron chi connectivity index (χ3n) is 3.78. The smallest absolute Gasteiger partial charge is 0.331 e. The molecule has 0 bridgehead atoms. The van der Waals surface area contributed by atoms with E-state index in [0.29, 0.717) is 16.3 Å². The van der Waals surface area contributed by atoms with Crippen molar-refractivity contribution < 1.29 is 18.7 Å². The average molecular weight is 370 g/mol. The molecule has 1 heterocycles. The molecule has 120 valence electrons. The maximum atomic E-state index is 11.8. The van der Waals surface area contributed by atoms with Crippen LogP contribution in [0.3, 0.4) is 0 Å². The van der Waals surface area contributed by atoms with E-state index in [2.05, 4.69) is 28.2 Å². The lowest BCUT2D eigenvalue weighted by Gasteiger charge is -2.29. The standard InChI is InChI=1S/C16H20BrNO4/c1-11-4-2-3-5-13(11)18-15(19)10-21-16(20)9-7-12-6-8-14(17)22-12/h6-9,11,13H,2-5,10H2,1H3,(H,18,19). The first-order chi connectivity index (χ1) is 10.5. The minimum absolute atomic E-state index is 0.191. The van der Waals surface area contributed by atoms with Crippen molar-refractivity contribution in [2.24, 2.45) is 5.92 Å². The van der Waals surface area contributed by atoms with Crippen LogP contribution in [-0.4, -0.2) is 24.5 Å². The Morgan fingerprint density at radius 1 is 1.41 bits per heavy atom. The molecule has 6 heteroatoms. The van der Waals surface area contributed by atoms with E-state index in [1.165, 1.54) is 18.6 Å². The fourth-order valence-corrected chi connectivity index (χ4v) is 2.85. The number of carbonyl (C=O) groups excluding carboxylic acids is 2. The SMILES string of the molecule is CC1CCCCC1NC(=O)COC(=O)C=Cc1ccc(Br)o1. The summed E-state index contributed by atoms with van der Waals surface area (Å²) >= 11 is 3.17. The van der Waals surface area contributed by atoms with Crippen molar-refractivity contribution in [2.45, 2.75) is 38.6 Å². The Bertz CT molecular complexity index is 552. The van der Waals surface area contributed by atoms with Gasteiger partial charge in [-0.15, -0.1) is 0 Å². The third kappa shape index (κ3) is 5.33. The second kappa shape index (κ2) is 8.17. The molecule has 5 nitrogen and oxygen atoms in total. The lowest BCUT2D eigenvalue weighted by atomic mass is 9.86. The summed E-state index contributed by atoms with van der Waals surface area (Å²) in [6, 6.07) is 3.63. The van der Waals surface area contributed by atoms with Crippen molar-refractivity contribution in [3.63, 3.8) is 0 Å². The van der Waals surface area contributed by atoms with Crippen LogP contribution in [0.5, 0.6) is 0 Å². The quantitative estimate of drug-likeness (QED) is 0.638. The van der Waals surface area contributed by atoms with Crippen molar-refractivity contribution >= 4 is 33.9 Å². The first-order valence-electron chi connectivity index (χ1n) is 7.44. The molecule has 2 atom stereocenters. The Hall–Kier alpha value is -1.56. The van der Waals surface area contributed by atoms with Crippen LogP contribution in [0.1, 0.15) is 38.4 Å². The van der Waals surface area contributed by atoms with E-state index < -0.39 is 5.97 Å². The summed E-state index contributed by atoms with van der Waals surface area (Å²) in [4.78, 5) is 23.3. The summed E-state index contributed by atoms with van der Waals surface area (Å²) in [7, 11) is 0. The van der Waals surface area contributed by atoms with Gasteiger partial charge in [0.05, 0.1) is 0 Å². The molecule has 0 aliphatic heterocycles. The number of amides is 1. The zero-order valence-electron chi connectivity index (χ0n) is 12.5. The predicted molar refractivity (Wildman–Crippen MR) is 86.0 cm³/mol. The number of rotatable bonds is 5. The van der Waals surface area contributed by atoms with E-state index in [4.69, 9.17) is 9.15 Å². The number of ether oxygens (including phenoxy) is 1. The van der Waals surface area contributed by atoms with Crippen LogP contribution in [0.25, 0.3) is 6.08 Å². The molecule has 22 heavy (non-hydrogen) atoms. The van der Waals surface area contributed by atoms with Gasteiger partial charge in [-0.2, -0.15) is 0 Å². The van der Waals surface area contributed by atoms with E-state index in [9.17, 15) is 9.59 Å². The molecule has 0 saturated heterocycles. The highest BCUT2D eigenvalue weighted by Crippen LogP contribution is 2.23. The molecule has 0 spiro atoms. The van der Waals surface area contributed by atoms with Gasteiger partial charge in [-0.25, -0.2) is 4.79 Å². The van der Waals surface area contributed by atoms with Crippen LogP contribution < -0.4 is 5.32 Å². The zero-order valence-corrected chi connectivity index (χ0v) is 14.1. The molecule has 2 unspecified atom stereocenters. The van der Waals surface area contributed by atoms with E-state index in [-0.39, 0.29) is 18.6 Å². The second-order valence-electron chi connectivity index (χ2n) is 5.52. The van der Waals surface area contributed by atoms with Crippen LogP contribution in [0.15, 0.2) is 27.3 Å². The van der Waals surface area contributed by atoms with Gasteiger partial charge in [0.15, 0.2) is 11.3 Å². The molecule has 1 aromatic rings. The Labute approximate surface area is 138 Å². The number of hydrogen-bond acceptors (Lipinski definition) is 4. The molecular formula is C16H20BrNO4. The van der Waals surface area contributed by atoms with Gasteiger partial charge in [0.2, 0.25) is 0 Å². The molecule has 1 aromatic heterocycles. The fourth-order valence-electron chi connectivity index (χ4n) is 2.53. The van der Waals surface area contributed by atoms with Gasteiger partial charge in [-0.3, -0.25) is 4.79 Å². The number of halogens is 1. The Morgan fingerprint density at radius 3 is 2.86 bits per heavy atom. The largest absolute Gasteiger partial charge is 0.452 e. The zero-order chi connectivity index (χ0) is 15.9. The van der Waals surface area contributed by atoms with Crippen LogP contribution in [-0.2, 0) is 14.3 Å². The van der Waals surface area contributed by atoms with Crippen molar-refractivity contribution in [1.82, 2.24) is 5.32 Å². The minimum atomic E-state index is -0.570. The summed E-state index contributed by atoms with van der Waals surface area (Å²) in [6.07, 6.45) is 7.21. The van der Waals surface area contributed by atoms with Gasteiger partial charge >= 0.3 is 5.97 Å². The van der Waals surface area contributed by atoms with E-state index in [1.54, 1.807) is 12.1 Å². The summed E-state index contributed by atoms with van der Waals surface area (Å²) in [6.45, 7) is 1.88. The Morgan fingerprint density at radius 2 is 2.18 bits per heavy atom. The predicted octanol–water partition coefficient (Wildman–Crippen LogP) is 3.29. The maximum absolute atomic E-state index is 11.8. The third-order valence-corrected chi connectivity index (χ3v) is 4.21. The van der Waals surface area contributed by atoms with Gasteiger partial charge in [-0.05, 0) is 52.9 Å². The Kier molecular flexibility index (Phi) is 6.24. The van der Waals surface area contributed by atoms with E-state index in [0.717, 1.165) is 19.3 Å². The molecule has 0 radical (unpaired) electrons. The second-order valence-corrected chi connectivity index (χ2v) is 6.30. The highest BCUT2D eigenvalue weighted by atomic mass is 79.9.